The van der Waals surface area contributed by atoms with E-state index < -0.39 is 0 Å². The number of halogens is 2. The summed E-state index contributed by atoms with van der Waals surface area (Å²) in [5.41, 5.74) is 1.70. The maximum absolute atomic E-state index is 12.7. The van der Waals surface area contributed by atoms with Gasteiger partial charge >= 0.3 is 0 Å². The fourth-order valence-corrected chi connectivity index (χ4v) is 3.04. The number of amides is 2. The van der Waals surface area contributed by atoms with Crippen molar-refractivity contribution in [3.8, 4) is 5.75 Å². The Morgan fingerprint density at radius 1 is 1.11 bits per heavy atom. The van der Waals surface area contributed by atoms with E-state index in [1.54, 1.807) is 31.3 Å². The van der Waals surface area contributed by atoms with E-state index in [-0.39, 0.29) is 18.4 Å². The number of ether oxygens (including phenoxy) is 1. The number of fused-ring (bicyclic) bond motifs is 1. The van der Waals surface area contributed by atoms with E-state index >= 15 is 0 Å². The highest BCUT2D eigenvalue weighted by Crippen LogP contribution is 2.25. The Hall–Kier alpha value is -2.70. The number of likely N-dealkylation sites (N-methyl/N-ethyl adjacent to an activating group) is 1. The first-order chi connectivity index (χ1) is 13.4. The molecule has 28 heavy (non-hydrogen) atoms. The first kappa shape index (κ1) is 20.0. The molecule has 1 aromatic heterocycles. The minimum atomic E-state index is -0.344. The van der Waals surface area contributed by atoms with Crippen LogP contribution < -0.4 is 10.1 Å². The van der Waals surface area contributed by atoms with Crippen LogP contribution in [0.1, 0.15) is 17.4 Å². The number of nitrogens with one attached hydrogen (secondary N) is 2. The number of anilines is 1. The molecule has 2 amide bonds. The summed E-state index contributed by atoms with van der Waals surface area (Å²) in [5.74, 6) is 0.0904. The monoisotopic (exact) mass is 419 g/mol. The zero-order valence-electron chi connectivity index (χ0n) is 15.4. The van der Waals surface area contributed by atoms with Crippen LogP contribution in [0.5, 0.6) is 5.75 Å². The molecule has 0 spiro atoms. The fraction of sp³-hybridized carbons (Fsp3) is 0.200. The maximum atomic E-state index is 12.7. The van der Waals surface area contributed by atoms with Gasteiger partial charge in [-0.2, -0.15) is 0 Å². The molecule has 0 radical (unpaired) electrons. The summed E-state index contributed by atoms with van der Waals surface area (Å²) in [6.45, 7) is 2.36. The van der Waals surface area contributed by atoms with Crippen LogP contribution in [0.4, 0.5) is 5.69 Å². The van der Waals surface area contributed by atoms with Gasteiger partial charge in [0.2, 0.25) is 5.91 Å². The van der Waals surface area contributed by atoms with E-state index in [4.69, 9.17) is 27.9 Å². The molecule has 0 aliphatic heterocycles. The van der Waals surface area contributed by atoms with Crippen LogP contribution in [-0.4, -0.2) is 41.9 Å². The Kier molecular flexibility index (Phi) is 6.11. The van der Waals surface area contributed by atoms with Gasteiger partial charge in [-0.1, -0.05) is 23.2 Å². The molecule has 8 heteroatoms. The molecule has 1 heterocycles. The smallest absolute Gasteiger partial charge is 0.270 e. The van der Waals surface area contributed by atoms with Crippen molar-refractivity contribution in [3.05, 3.63) is 58.2 Å². The van der Waals surface area contributed by atoms with Crippen LogP contribution in [-0.2, 0) is 4.79 Å². The summed E-state index contributed by atoms with van der Waals surface area (Å²) in [4.78, 5) is 29.3. The summed E-state index contributed by atoms with van der Waals surface area (Å²) in [5, 5.41) is 4.32. The van der Waals surface area contributed by atoms with Crippen LogP contribution in [0.15, 0.2) is 42.5 Å². The molecule has 6 nitrogen and oxygen atoms in total. The number of H-pyrrole nitrogens is 1. The van der Waals surface area contributed by atoms with Gasteiger partial charge in [-0.25, -0.2) is 0 Å². The summed E-state index contributed by atoms with van der Waals surface area (Å²) < 4.78 is 5.47. The number of benzene rings is 2. The minimum Gasteiger partial charge on any atom is -0.494 e. The molecule has 146 valence electrons. The standard InChI is InChI=1S/C20H19Cl2N3O3/c1-3-28-14-6-4-12-8-18(24-17(12)10-14)20(27)25(2)11-19(26)23-13-5-7-15(21)16(22)9-13/h4-10,24H,3,11H2,1-2H3,(H,23,26). The molecule has 2 N–H and O–H groups in total. The number of carbonyl (C=O) groups is 2. The average molecular weight is 420 g/mol. The lowest BCUT2D eigenvalue weighted by Crippen LogP contribution is -2.35. The van der Waals surface area contributed by atoms with E-state index in [1.165, 1.54) is 4.90 Å². The predicted octanol–water partition coefficient (Wildman–Crippen LogP) is 4.58. The van der Waals surface area contributed by atoms with Crippen LogP contribution in [0, 0.1) is 0 Å². The first-order valence-corrected chi connectivity index (χ1v) is 9.39. The Bertz CT molecular complexity index is 1030. The van der Waals surface area contributed by atoms with Gasteiger partial charge in [0.1, 0.15) is 11.4 Å². The predicted molar refractivity (Wildman–Crippen MR) is 112 cm³/mol. The van der Waals surface area contributed by atoms with Crippen molar-refractivity contribution < 1.29 is 14.3 Å². The number of aromatic amines is 1. The van der Waals surface area contributed by atoms with Crippen molar-refractivity contribution in [1.82, 2.24) is 9.88 Å². The SMILES string of the molecule is CCOc1ccc2cc(C(=O)N(C)CC(=O)Nc3ccc(Cl)c(Cl)c3)[nH]c2c1. The molecule has 0 aliphatic rings. The number of rotatable bonds is 6. The lowest BCUT2D eigenvalue weighted by Gasteiger charge is -2.16. The zero-order valence-corrected chi connectivity index (χ0v) is 16.9. The van der Waals surface area contributed by atoms with Gasteiger partial charge in [-0.15, -0.1) is 0 Å². The van der Waals surface area contributed by atoms with Gasteiger partial charge in [-0.05, 0) is 43.3 Å². The van der Waals surface area contributed by atoms with E-state index in [1.807, 2.05) is 25.1 Å². The van der Waals surface area contributed by atoms with Crippen molar-refractivity contribution in [2.45, 2.75) is 6.92 Å². The van der Waals surface area contributed by atoms with E-state index in [0.717, 1.165) is 16.7 Å². The lowest BCUT2D eigenvalue weighted by molar-refractivity contribution is -0.116. The van der Waals surface area contributed by atoms with Crippen LogP contribution in [0.3, 0.4) is 0 Å². The maximum Gasteiger partial charge on any atom is 0.270 e. The Labute approximate surface area is 172 Å². The molecule has 0 fully saturated rings. The van der Waals surface area contributed by atoms with Crippen molar-refractivity contribution in [2.24, 2.45) is 0 Å². The van der Waals surface area contributed by atoms with Gasteiger partial charge < -0.3 is 19.9 Å². The number of carbonyl (C=O) groups excluding carboxylic acids is 2. The number of nitrogens with zero attached hydrogens (tertiary/aromatic N) is 1. The average Bonchev–Trinajstić information content (AvgIpc) is 3.07. The number of hydrogen-bond acceptors (Lipinski definition) is 3. The van der Waals surface area contributed by atoms with Gasteiger partial charge in [0.25, 0.3) is 5.91 Å². The van der Waals surface area contributed by atoms with Crippen molar-refractivity contribution in [1.29, 1.82) is 0 Å². The number of hydrogen-bond donors (Lipinski definition) is 2. The zero-order chi connectivity index (χ0) is 20.3. The fourth-order valence-electron chi connectivity index (χ4n) is 2.75. The van der Waals surface area contributed by atoms with Crippen LogP contribution in [0.2, 0.25) is 10.0 Å². The largest absolute Gasteiger partial charge is 0.494 e. The summed E-state index contributed by atoms with van der Waals surface area (Å²) in [7, 11) is 1.56. The third-order valence-corrected chi connectivity index (χ3v) is 4.81. The lowest BCUT2D eigenvalue weighted by atomic mass is 10.2. The van der Waals surface area contributed by atoms with Gasteiger partial charge in [0.15, 0.2) is 0 Å². The molecular formula is C20H19Cl2N3O3. The van der Waals surface area contributed by atoms with E-state index in [9.17, 15) is 9.59 Å². The summed E-state index contributed by atoms with van der Waals surface area (Å²) >= 11 is 11.8. The first-order valence-electron chi connectivity index (χ1n) is 8.63. The summed E-state index contributed by atoms with van der Waals surface area (Å²) in [6.07, 6.45) is 0. The Balaban J connectivity index is 1.67. The molecule has 0 saturated heterocycles. The van der Waals surface area contributed by atoms with Gasteiger partial charge in [0, 0.05) is 29.7 Å². The Morgan fingerprint density at radius 3 is 2.61 bits per heavy atom. The normalized spacial score (nSPS) is 10.7. The van der Waals surface area contributed by atoms with Crippen LogP contribution in [0.25, 0.3) is 10.9 Å². The van der Waals surface area contributed by atoms with E-state index in [2.05, 4.69) is 10.3 Å². The number of aromatic nitrogens is 1. The topological polar surface area (TPSA) is 74.4 Å². The highest BCUT2D eigenvalue weighted by Gasteiger charge is 2.17. The third-order valence-electron chi connectivity index (χ3n) is 4.07. The minimum absolute atomic E-state index is 0.112. The van der Waals surface area contributed by atoms with Crippen LogP contribution >= 0.6 is 23.2 Å². The second-order valence-electron chi connectivity index (χ2n) is 6.20. The van der Waals surface area contributed by atoms with Crippen molar-refractivity contribution in [2.75, 3.05) is 25.5 Å². The Morgan fingerprint density at radius 2 is 1.89 bits per heavy atom. The molecule has 0 bridgehead atoms. The highest BCUT2D eigenvalue weighted by molar-refractivity contribution is 6.42. The highest BCUT2D eigenvalue weighted by atomic mass is 35.5. The van der Waals surface area contributed by atoms with Crippen molar-refractivity contribution >= 4 is 51.6 Å². The molecule has 0 unspecified atom stereocenters. The molecule has 3 rings (SSSR count). The second kappa shape index (κ2) is 8.54. The van der Waals surface area contributed by atoms with Gasteiger partial charge in [0.05, 0.1) is 23.2 Å². The molecule has 0 saturated carbocycles. The quantitative estimate of drug-likeness (QED) is 0.613. The molecule has 3 aromatic rings. The molecular weight excluding hydrogens is 401 g/mol. The van der Waals surface area contributed by atoms with Crippen molar-refractivity contribution in [3.63, 3.8) is 0 Å². The molecule has 2 aromatic carbocycles. The molecule has 0 atom stereocenters. The van der Waals surface area contributed by atoms with Gasteiger partial charge in [-0.3, -0.25) is 9.59 Å². The molecule has 0 aliphatic carbocycles. The summed E-state index contributed by atoms with van der Waals surface area (Å²) in [6, 6.07) is 12.1. The third kappa shape index (κ3) is 4.58. The second-order valence-corrected chi connectivity index (χ2v) is 7.02. The van der Waals surface area contributed by atoms with E-state index in [0.29, 0.717) is 28.0 Å².